The normalized spacial score (nSPS) is 11.7. The molecule has 1 aromatic carbocycles. The number of halogens is 2. The third kappa shape index (κ3) is 2.87. The van der Waals surface area contributed by atoms with Crippen molar-refractivity contribution in [2.45, 2.75) is 11.6 Å². The van der Waals surface area contributed by atoms with Crippen molar-refractivity contribution in [1.82, 2.24) is 9.55 Å². The lowest BCUT2D eigenvalue weighted by Crippen LogP contribution is -2.12. The van der Waals surface area contributed by atoms with E-state index >= 15 is 0 Å². The van der Waals surface area contributed by atoms with Crippen LogP contribution >= 0.6 is 11.6 Å². The molecular formula is C10H9ClFN3O2S. The lowest BCUT2D eigenvalue weighted by atomic mass is 10.2. The number of aromatic nitrogens is 2. The van der Waals surface area contributed by atoms with Crippen LogP contribution in [0.1, 0.15) is 5.56 Å². The van der Waals surface area contributed by atoms with E-state index in [0.29, 0.717) is 10.6 Å². The molecule has 0 amide bonds. The van der Waals surface area contributed by atoms with Crippen LogP contribution in [0.25, 0.3) is 0 Å². The zero-order valence-electron chi connectivity index (χ0n) is 9.05. The van der Waals surface area contributed by atoms with Crippen LogP contribution in [0.5, 0.6) is 0 Å². The van der Waals surface area contributed by atoms with E-state index in [0.717, 1.165) is 0 Å². The Morgan fingerprint density at radius 2 is 2.17 bits per heavy atom. The standard InChI is InChI=1S/C10H9ClFN3O2S/c11-9-2-1-8(12)3-7(9)4-15-5-10(14-6-15)18(13,16)17/h1-3,5-6H,4H2,(H2,13,16,17). The van der Waals surface area contributed by atoms with E-state index in [1.807, 2.05) is 0 Å². The number of hydrogen-bond acceptors (Lipinski definition) is 3. The molecule has 1 aromatic heterocycles. The first kappa shape index (κ1) is 13.0. The number of primary sulfonamides is 1. The summed E-state index contributed by atoms with van der Waals surface area (Å²) in [6.45, 7) is 0.207. The van der Waals surface area contributed by atoms with E-state index in [1.54, 1.807) is 0 Å². The topological polar surface area (TPSA) is 78.0 Å². The van der Waals surface area contributed by atoms with Crippen molar-refractivity contribution in [3.63, 3.8) is 0 Å². The Kier molecular flexibility index (Phi) is 3.38. The largest absolute Gasteiger partial charge is 0.332 e. The van der Waals surface area contributed by atoms with Crippen LogP contribution < -0.4 is 5.14 Å². The fourth-order valence-electron chi connectivity index (χ4n) is 1.43. The summed E-state index contributed by atoms with van der Waals surface area (Å²) >= 11 is 5.90. The van der Waals surface area contributed by atoms with Crippen molar-refractivity contribution in [2.24, 2.45) is 5.14 Å². The highest BCUT2D eigenvalue weighted by Gasteiger charge is 2.12. The van der Waals surface area contributed by atoms with Gasteiger partial charge in [0.25, 0.3) is 10.0 Å². The van der Waals surface area contributed by atoms with Crippen LogP contribution in [0.4, 0.5) is 4.39 Å². The Balaban J connectivity index is 2.29. The number of sulfonamides is 1. The van der Waals surface area contributed by atoms with Crippen molar-refractivity contribution in [3.8, 4) is 0 Å². The number of hydrogen-bond donors (Lipinski definition) is 1. The number of imidazole rings is 1. The lowest BCUT2D eigenvalue weighted by Gasteiger charge is -2.04. The predicted octanol–water partition coefficient (Wildman–Crippen LogP) is 1.37. The molecule has 0 saturated heterocycles. The Morgan fingerprint density at radius 3 is 2.78 bits per heavy atom. The highest BCUT2D eigenvalue weighted by atomic mass is 35.5. The summed E-state index contributed by atoms with van der Waals surface area (Å²) in [5.41, 5.74) is 0.523. The minimum atomic E-state index is -3.83. The Bertz CT molecular complexity index is 684. The Labute approximate surface area is 108 Å². The Morgan fingerprint density at radius 1 is 1.44 bits per heavy atom. The number of rotatable bonds is 3. The van der Waals surface area contributed by atoms with E-state index in [-0.39, 0.29) is 11.6 Å². The van der Waals surface area contributed by atoms with E-state index in [1.165, 1.54) is 35.3 Å². The van der Waals surface area contributed by atoms with E-state index in [4.69, 9.17) is 16.7 Å². The zero-order valence-corrected chi connectivity index (χ0v) is 10.6. The monoisotopic (exact) mass is 289 g/mol. The first-order valence-electron chi connectivity index (χ1n) is 4.85. The number of nitrogens with two attached hydrogens (primary N) is 1. The van der Waals surface area contributed by atoms with Crippen molar-refractivity contribution in [3.05, 3.63) is 47.1 Å². The molecule has 18 heavy (non-hydrogen) atoms. The van der Waals surface area contributed by atoms with Crippen LogP contribution in [0.2, 0.25) is 5.02 Å². The lowest BCUT2D eigenvalue weighted by molar-refractivity contribution is 0.594. The molecule has 2 rings (SSSR count). The van der Waals surface area contributed by atoms with Gasteiger partial charge in [-0.3, -0.25) is 0 Å². The zero-order chi connectivity index (χ0) is 13.3. The molecular weight excluding hydrogens is 281 g/mol. The SMILES string of the molecule is NS(=O)(=O)c1cn(Cc2cc(F)ccc2Cl)cn1. The van der Waals surface area contributed by atoms with Crippen LogP contribution in [0.15, 0.2) is 35.7 Å². The molecule has 0 aliphatic heterocycles. The minimum Gasteiger partial charge on any atom is -0.332 e. The van der Waals surface area contributed by atoms with Crippen LogP contribution in [0.3, 0.4) is 0 Å². The first-order valence-corrected chi connectivity index (χ1v) is 6.77. The van der Waals surface area contributed by atoms with Gasteiger partial charge < -0.3 is 4.57 Å². The van der Waals surface area contributed by atoms with Gasteiger partial charge in [0.15, 0.2) is 5.03 Å². The highest BCUT2D eigenvalue weighted by molar-refractivity contribution is 7.89. The molecule has 2 aromatic rings. The maximum atomic E-state index is 13.0. The van der Waals surface area contributed by atoms with E-state index < -0.39 is 15.8 Å². The summed E-state index contributed by atoms with van der Waals surface area (Å²) in [5.74, 6) is -0.416. The van der Waals surface area contributed by atoms with Gasteiger partial charge in [0.05, 0.1) is 12.9 Å². The quantitative estimate of drug-likeness (QED) is 0.927. The van der Waals surface area contributed by atoms with Gasteiger partial charge in [-0.2, -0.15) is 0 Å². The fourth-order valence-corrected chi connectivity index (χ4v) is 2.09. The average Bonchev–Trinajstić information content (AvgIpc) is 2.71. The van der Waals surface area contributed by atoms with Gasteiger partial charge in [-0.1, -0.05) is 11.6 Å². The number of benzene rings is 1. The van der Waals surface area contributed by atoms with Gasteiger partial charge in [0, 0.05) is 11.2 Å². The first-order chi connectivity index (χ1) is 8.36. The predicted molar refractivity (Wildman–Crippen MR) is 64.1 cm³/mol. The van der Waals surface area contributed by atoms with Crippen LogP contribution in [-0.4, -0.2) is 18.0 Å². The maximum absolute atomic E-state index is 13.0. The average molecular weight is 290 g/mol. The smallest absolute Gasteiger partial charge is 0.257 e. The molecule has 0 aliphatic rings. The van der Waals surface area contributed by atoms with Crippen LogP contribution in [0, 0.1) is 5.82 Å². The second-order valence-electron chi connectivity index (χ2n) is 3.66. The maximum Gasteiger partial charge on any atom is 0.257 e. The molecule has 0 bridgehead atoms. The molecule has 5 nitrogen and oxygen atoms in total. The second-order valence-corrected chi connectivity index (χ2v) is 5.58. The molecule has 0 aliphatic carbocycles. The van der Waals surface area contributed by atoms with Crippen molar-refractivity contribution < 1.29 is 12.8 Å². The molecule has 2 N–H and O–H groups in total. The van der Waals surface area contributed by atoms with E-state index in [2.05, 4.69) is 4.98 Å². The van der Waals surface area contributed by atoms with Gasteiger partial charge in [0.2, 0.25) is 0 Å². The van der Waals surface area contributed by atoms with Gasteiger partial charge >= 0.3 is 0 Å². The summed E-state index contributed by atoms with van der Waals surface area (Å²) in [7, 11) is -3.83. The molecule has 0 fully saturated rings. The molecule has 0 radical (unpaired) electrons. The van der Waals surface area contributed by atoms with E-state index in [9.17, 15) is 12.8 Å². The highest BCUT2D eigenvalue weighted by Crippen LogP contribution is 2.18. The molecule has 0 spiro atoms. The molecule has 8 heteroatoms. The summed E-state index contributed by atoms with van der Waals surface area (Å²) in [5, 5.41) is 5.08. The summed E-state index contributed by atoms with van der Waals surface area (Å²) < 4.78 is 36.6. The molecule has 0 atom stereocenters. The van der Waals surface area contributed by atoms with Gasteiger partial charge in [-0.15, -0.1) is 0 Å². The minimum absolute atomic E-state index is 0.207. The van der Waals surface area contributed by atoms with Crippen molar-refractivity contribution >= 4 is 21.6 Å². The van der Waals surface area contributed by atoms with Gasteiger partial charge in [-0.05, 0) is 23.8 Å². The number of nitrogens with zero attached hydrogens (tertiary/aromatic N) is 2. The fraction of sp³-hybridized carbons (Fsp3) is 0.100. The third-order valence-electron chi connectivity index (χ3n) is 2.26. The summed E-state index contributed by atoms with van der Waals surface area (Å²) in [6, 6.07) is 3.96. The van der Waals surface area contributed by atoms with Crippen LogP contribution in [-0.2, 0) is 16.6 Å². The second kappa shape index (κ2) is 4.68. The summed E-state index contributed by atoms with van der Waals surface area (Å²) in [4.78, 5) is 3.65. The van der Waals surface area contributed by atoms with Crippen molar-refractivity contribution in [1.29, 1.82) is 0 Å². The Hall–Kier alpha value is -1.44. The molecule has 0 unspecified atom stereocenters. The molecule has 1 heterocycles. The molecule has 0 saturated carbocycles. The third-order valence-corrected chi connectivity index (χ3v) is 3.42. The van der Waals surface area contributed by atoms with Gasteiger partial charge in [-0.25, -0.2) is 22.9 Å². The van der Waals surface area contributed by atoms with Crippen molar-refractivity contribution in [2.75, 3.05) is 0 Å². The summed E-state index contributed by atoms with van der Waals surface area (Å²) in [6.07, 6.45) is 2.55. The molecule has 96 valence electrons. The van der Waals surface area contributed by atoms with Gasteiger partial charge in [0.1, 0.15) is 5.82 Å².